The Hall–Kier alpha value is -1.13. The smallest absolute Gasteiger partial charge is 0.132 e. The fourth-order valence-electron chi connectivity index (χ4n) is 4.11. The Labute approximate surface area is 118 Å². The van der Waals surface area contributed by atoms with Gasteiger partial charge in [0.2, 0.25) is 0 Å². The summed E-state index contributed by atoms with van der Waals surface area (Å²) in [5.41, 5.74) is -1.08. The van der Waals surface area contributed by atoms with Crippen LogP contribution in [0.15, 0.2) is 18.2 Å². The molecule has 4 atom stereocenters. The molecule has 3 N–H and O–H groups in total. The summed E-state index contributed by atoms with van der Waals surface area (Å²) in [6.07, 6.45) is 2.92. The fraction of sp³-hybridized carbons (Fsp3) is 0.625. The minimum absolute atomic E-state index is 0.133. The van der Waals surface area contributed by atoms with E-state index < -0.39 is 11.4 Å². The van der Waals surface area contributed by atoms with E-state index in [9.17, 15) is 19.7 Å². The van der Waals surface area contributed by atoms with Crippen molar-refractivity contribution >= 4 is 0 Å². The zero-order valence-corrected chi connectivity index (χ0v) is 11.6. The van der Waals surface area contributed by atoms with Gasteiger partial charge in [-0.15, -0.1) is 0 Å². The highest BCUT2D eigenvalue weighted by Crippen LogP contribution is 2.57. The molecule has 110 valence electrons. The van der Waals surface area contributed by atoms with Crippen LogP contribution in [0.2, 0.25) is 0 Å². The third kappa shape index (κ3) is 1.93. The van der Waals surface area contributed by atoms with Gasteiger partial charge < -0.3 is 15.3 Å². The minimum atomic E-state index is -1.19. The number of aromatic hydroxyl groups is 1. The van der Waals surface area contributed by atoms with Gasteiger partial charge in [0.1, 0.15) is 11.6 Å². The standard InChI is InChI=1S/C16H21FO3/c1-15-6-7-16(20,9-10(15)2-5-14(15)19)12-4-3-11(18)8-13(12)17/h3-4,8,10,14,18-20H,2,5-7,9H2,1H3/t10?,14-,15-,16+/m0/s1. The highest BCUT2D eigenvalue weighted by Gasteiger charge is 2.53. The van der Waals surface area contributed by atoms with Gasteiger partial charge in [0.05, 0.1) is 11.7 Å². The zero-order chi connectivity index (χ0) is 14.5. The minimum Gasteiger partial charge on any atom is -0.508 e. The summed E-state index contributed by atoms with van der Waals surface area (Å²) in [4.78, 5) is 0. The molecule has 2 aliphatic rings. The van der Waals surface area contributed by atoms with Crippen LogP contribution in [-0.4, -0.2) is 21.4 Å². The number of aliphatic hydroxyl groups excluding tert-OH is 1. The molecule has 0 radical (unpaired) electrons. The number of aliphatic hydroxyl groups is 2. The van der Waals surface area contributed by atoms with Crippen molar-refractivity contribution in [2.24, 2.45) is 11.3 Å². The van der Waals surface area contributed by atoms with Crippen molar-refractivity contribution in [3.05, 3.63) is 29.6 Å². The van der Waals surface area contributed by atoms with Crippen molar-refractivity contribution in [3.63, 3.8) is 0 Å². The van der Waals surface area contributed by atoms with Crippen LogP contribution in [0.3, 0.4) is 0 Å². The summed E-state index contributed by atoms with van der Waals surface area (Å²) >= 11 is 0. The second kappa shape index (κ2) is 4.43. The van der Waals surface area contributed by atoms with Crippen LogP contribution in [0.4, 0.5) is 4.39 Å². The molecule has 0 saturated heterocycles. The van der Waals surface area contributed by atoms with Crippen molar-refractivity contribution in [1.82, 2.24) is 0 Å². The van der Waals surface area contributed by atoms with Crippen molar-refractivity contribution in [1.29, 1.82) is 0 Å². The maximum atomic E-state index is 14.0. The first-order chi connectivity index (χ1) is 9.35. The zero-order valence-electron chi connectivity index (χ0n) is 11.6. The number of phenols is 1. The number of fused-ring (bicyclic) bond motifs is 1. The van der Waals surface area contributed by atoms with Crippen LogP contribution in [0.25, 0.3) is 0 Å². The van der Waals surface area contributed by atoms with Crippen LogP contribution < -0.4 is 0 Å². The Bertz CT molecular complexity index is 532. The first-order valence-corrected chi connectivity index (χ1v) is 7.25. The maximum absolute atomic E-state index is 14.0. The molecule has 0 heterocycles. The van der Waals surface area contributed by atoms with Crippen LogP contribution in [0, 0.1) is 17.2 Å². The van der Waals surface area contributed by atoms with Gasteiger partial charge in [-0.1, -0.05) is 6.92 Å². The van der Waals surface area contributed by atoms with E-state index in [2.05, 4.69) is 6.92 Å². The molecule has 3 rings (SSSR count). The Morgan fingerprint density at radius 2 is 2.00 bits per heavy atom. The van der Waals surface area contributed by atoms with E-state index in [1.54, 1.807) is 0 Å². The second-order valence-electron chi connectivity index (χ2n) is 6.70. The Morgan fingerprint density at radius 3 is 2.70 bits per heavy atom. The Morgan fingerprint density at radius 1 is 1.25 bits per heavy atom. The number of hydrogen-bond acceptors (Lipinski definition) is 3. The van der Waals surface area contributed by atoms with Gasteiger partial charge in [0.15, 0.2) is 0 Å². The van der Waals surface area contributed by atoms with Crippen molar-refractivity contribution < 1.29 is 19.7 Å². The molecule has 1 aromatic rings. The third-order valence-electron chi connectivity index (χ3n) is 5.60. The largest absolute Gasteiger partial charge is 0.508 e. The molecule has 0 bridgehead atoms. The maximum Gasteiger partial charge on any atom is 0.132 e. The molecule has 3 nitrogen and oxygen atoms in total. The van der Waals surface area contributed by atoms with Gasteiger partial charge in [-0.3, -0.25) is 0 Å². The molecule has 2 saturated carbocycles. The molecule has 0 spiro atoms. The lowest BCUT2D eigenvalue weighted by atomic mass is 9.62. The first kappa shape index (κ1) is 13.8. The predicted octanol–water partition coefficient (Wildman–Crippen LogP) is 2.68. The summed E-state index contributed by atoms with van der Waals surface area (Å²) < 4.78 is 14.0. The number of benzene rings is 1. The molecule has 0 aromatic heterocycles. The second-order valence-corrected chi connectivity index (χ2v) is 6.70. The molecule has 0 aliphatic heterocycles. The van der Waals surface area contributed by atoms with Crippen molar-refractivity contribution in [2.75, 3.05) is 0 Å². The van der Waals surface area contributed by atoms with E-state index in [0.29, 0.717) is 19.3 Å². The van der Waals surface area contributed by atoms with Gasteiger partial charge in [-0.25, -0.2) is 4.39 Å². The highest BCUT2D eigenvalue weighted by atomic mass is 19.1. The highest BCUT2D eigenvalue weighted by molar-refractivity contribution is 5.32. The molecule has 1 unspecified atom stereocenters. The predicted molar refractivity (Wildman–Crippen MR) is 72.7 cm³/mol. The lowest BCUT2D eigenvalue weighted by Crippen LogP contribution is -2.44. The lowest BCUT2D eigenvalue weighted by Gasteiger charge is -2.46. The number of halogens is 1. The summed E-state index contributed by atoms with van der Waals surface area (Å²) in [6, 6.07) is 3.93. The van der Waals surface area contributed by atoms with Crippen LogP contribution in [-0.2, 0) is 5.60 Å². The summed E-state index contributed by atoms with van der Waals surface area (Å²) in [5, 5.41) is 30.3. The number of rotatable bonds is 1. The normalized spacial score (nSPS) is 40.6. The molecule has 20 heavy (non-hydrogen) atoms. The van der Waals surface area contributed by atoms with Gasteiger partial charge in [0.25, 0.3) is 0 Å². The summed E-state index contributed by atoms with van der Waals surface area (Å²) in [6.45, 7) is 2.07. The quantitative estimate of drug-likeness (QED) is 0.741. The van der Waals surface area contributed by atoms with E-state index in [-0.39, 0.29) is 28.7 Å². The SMILES string of the molecule is C[C@]12CC[C@](O)(c3ccc(O)cc3F)CC1CC[C@@H]2O. The van der Waals surface area contributed by atoms with E-state index in [0.717, 1.165) is 18.9 Å². The van der Waals surface area contributed by atoms with Crippen molar-refractivity contribution in [2.45, 2.75) is 50.7 Å². The lowest BCUT2D eigenvalue weighted by molar-refractivity contribution is -0.0869. The molecular weight excluding hydrogens is 259 g/mol. The van der Waals surface area contributed by atoms with Crippen LogP contribution in [0.1, 0.15) is 44.6 Å². The van der Waals surface area contributed by atoms with Gasteiger partial charge in [-0.05, 0) is 55.6 Å². The van der Waals surface area contributed by atoms with E-state index in [1.807, 2.05) is 0 Å². The van der Waals surface area contributed by atoms with Gasteiger partial charge in [0, 0.05) is 11.6 Å². The van der Waals surface area contributed by atoms with E-state index >= 15 is 0 Å². The average molecular weight is 280 g/mol. The monoisotopic (exact) mass is 280 g/mol. The Balaban J connectivity index is 1.91. The van der Waals surface area contributed by atoms with Crippen molar-refractivity contribution in [3.8, 4) is 5.75 Å². The first-order valence-electron chi connectivity index (χ1n) is 7.25. The number of hydrogen-bond donors (Lipinski definition) is 3. The molecule has 1 aromatic carbocycles. The van der Waals surface area contributed by atoms with Gasteiger partial charge >= 0.3 is 0 Å². The molecule has 2 fully saturated rings. The summed E-state index contributed by atoms with van der Waals surface area (Å²) in [7, 11) is 0. The van der Waals surface area contributed by atoms with Gasteiger partial charge in [-0.2, -0.15) is 0 Å². The Kier molecular flexibility index (Phi) is 3.07. The van der Waals surface area contributed by atoms with Crippen LogP contribution >= 0.6 is 0 Å². The number of phenolic OH excluding ortho intramolecular Hbond substituents is 1. The molecular formula is C16H21FO3. The topological polar surface area (TPSA) is 60.7 Å². The molecule has 0 amide bonds. The van der Waals surface area contributed by atoms with E-state index in [4.69, 9.17) is 0 Å². The third-order valence-corrected chi connectivity index (χ3v) is 5.60. The fourth-order valence-corrected chi connectivity index (χ4v) is 4.11. The molecule has 4 heteroatoms. The van der Waals surface area contributed by atoms with E-state index in [1.165, 1.54) is 12.1 Å². The summed E-state index contributed by atoms with van der Waals surface area (Å²) in [5.74, 6) is -0.481. The average Bonchev–Trinajstić information content (AvgIpc) is 2.66. The molecule has 2 aliphatic carbocycles. The van der Waals surface area contributed by atoms with Crippen LogP contribution in [0.5, 0.6) is 5.75 Å².